The molecule has 104 valence electrons. The highest BCUT2D eigenvalue weighted by Crippen LogP contribution is 2.11. The molecule has 0 spiro atoms. The van der Waals surface area contributed by atoms with Gasteiger partial charge in [-0.15, -0.1) is 0 Å². The van der Waals surface area contributed by atoms with Crippen molar-refractivity contribution < 1.29 is 17.9 Å². The number of hydrogen-bond acceptors (Lipinski definition) is 5. The minimum Gasteiger partial charge on any atom is -0.384 e. The summed E-state index contributed by atoms with van der Waals surface area (Å²) < 4.78 is 29.5. The van der Waals surface area contributed by atoms with Gasteiger partial charge in [0.2, 0.25) is 10.0 Å². The largest absolute Gasteiger partial charge is 0.384 e. The van der Waals surface area contributed by atoms with Crippen molar-refractivity contribution in [2.75, 3.05) is 19.5 Å². The van der Waals surface area contributed by atoms with Crippen LogP contribution in [0.15, 0.2) is 30.6 Å². The van der Waals surface area contributed by atoms with Gasteiger partial charge >= 0.3 is 0 Å². The molecule has 7 heteroatoms. The third-order valence-corrected chi connectivity index (χ3v) is 3.51. The number of methoxy groups -OCH3 is 1. The average molecular weight is 284 g/mol. The molecule has 0 radical (unpaired) electrons. The Balaban J connectivity index is 2.70. The van der Waals surface area contributed by atoms with Gasteiger partial charge in [0, 0.05) is 25.6 Å². The van der Waals surface area contributed by atoms with Crippen molar-refractivity contribution in [3.05, 3.63) is 36.2 Å². The van der Waals surface area contributed by atoms with E-state index in [4.69, 9.17) is 0 Å². The molecule has 0 saturated carbocycles. The van der Waals surface area contributed by atoms with E-state index in [1.807, 2.05) is 4.72 Å². The highest BCUT2D eigenvalue weighted by atomic mass is 32.2. The Morgan fingerprint density at radius 2 is 2.05 bits per heavy atom. The molecule has 0 atom stereocenters. The van der Waals surface area contributed by atoms with Crippen LogP contribution in [0.3, 0.4) is 0 Å². The monoisotopic (exact) mass is 284 g/mol. The van der Waals surface area contributed by atoms with Gasteiger partial charge in [-0.3, -0.25) is 9.78 Å². The fraction of sp³-hybridized carbons (Fsp3) is 0.333. The van der Waals surface area contributed by atoms with E-state index in [0.29, 0.717) is 5.57 Å². The lowest BCUT2D eigenvalue weighted by Gasteiger charge is -2.05. The van der Waals surface area contributed by atoms with E-state index in [9.17, 15) is 13.2 Å². The fourth-order valence-corrected chi connectivity index (χ4v) is 2.18. The molecule has 1 rings (SSSR count). The van der Waals surface area contributed by atoms with Crippen LogP contribution in [0.1, 0.15) is 12.5 Å². The molecule has 0 aromatic carbocycles. The van der Waals surface area contributed by atoms with E-state index >= 15 is 0 Å². The predicted octanol–water partition coefficient (Wildman–Crippen LogP) is 0.577. The van der Waals surface area contributed by atoms with Crippen LogP contribution in [0.4, 0.5) is 0 Å². The summed E-state index contributed by atoms with van der Waals surface area (Å²) in [5, 5.41) is 0. The number of nitrogens with zero attached hydrogens (tertiary/aromatic N) is 1. The minimum absolute atomic E-state index is 0.0374. The maximum absolute atomic E-state index is 11.6. The first-order valence-corrected chi connectivity index (χ1v) is 7.22. The van der Waals surface area contributed by atoms with Gasteiger partial charge < -0.3 is 4.74 Å². The molecule has 0 unspecified atom stereocenters. The number of hydrogen-bond donors (Lipinski definition) is 1. The number of allylic oxidation sites excluding steroid dienone is 1. The Kier molecular flexibility index (Phi) is 5.65. The quantitative estimate of drug-likeness (QED) is 0.772. The van der Waals surface area contributed by atoms with E-state index in [1.54, 1.807) is 31.5 Å². The van der Waals surface area contributed by atoms with Gasteiger partial charge in [0.1, 0.15) is 0 Å². The lowest BCUT2D eigenvalue weighted by molar-refractivity contribution is -0.114. The standard InChI is InChI=1S/C12H16N2O4S/c1-10(11-3-5-13-6-4-11)9-12(15)14-19(16,17)8-7-18-2/h3-6,9H,7-8H2,1-2H3,(H,14,15). The van der Waals surface area contributed by atoms with E-state index in [-0.39, 0.29) is 12.4 Å². The van der Waals surface area contributed by atoms with Gasteiger partial charge in [0.15, 0.2) is 0 Å². The van der Waals surface area contributed by atoms with E-state index < -0.39 is 15.9 Å². The highest BCUT2D eigenvalue weighted by molar-refractivity contribution is 7.90. The van der Waals surface area contributed by atoms with Crippen LogP contribution in [-0.4, -0.2) is 38.8 Å². The molecular formula is C12H16N2O4S. The number of carbonyl (C=O) groups is 1. The van der Waals surface area contributed by atoms with E-state index in [1.165, 1.54) is 13.2 Å². The smallest absolute Gasteiger partial charge is 0.257 e. The molecule has 1 amide bonds. The third kappa shape index (κ3) is 5.62. The Morgan fingerprint density at radius 3 is 2.63 bits per heavy atom. The summed E-state index contributed by atoms with van der Waals surface area (Å²) in [5.74, 6) is -0.928. The third-order valence-electron chi connectivity index (χ3n) is 2.30. The lowest BCUT2D eigenvalue weighted by Crippen LogP contribution is -2.32. The summed E-state index contributed by atoms with van der Waals surface area (Å²) in [6.45, 7) is 1.76. The first kappa shape index (κ1) is 15.3. The van der Waals surface area contributed by atoms with Crippen molar-refractivity contribution in [2.24, 2.45) is 0 Å². The van der Waals surface area contributed by atoms with Gasteiger partial charge in [-0.05, 0) is 30.2 Å². The van der Waals surface area contributed by atoms with Crippen molar-refractivity contribution in [3.63, 3.8) is 0 Å². The average Bonchev–Trinajstić information content (AvgIpc) is 2.36. The summed E-state index contributed by atoms with van der Waals surface area (Å²) >= 11 is 0. The molecule has 0 aliphatic rings. The summed E-state index contributed by atoms with van der Waals surface area (Å²) in [4.78, 5) is 15.4. The maximum Gasteiger partial charge on any atom is 0.257 e. The van der Waals surface area contributed by atoms with Gasteiger partial charge in [0.05, 0.1) is 12.4 Å². The van der Waals surface area contributed by atoms with Crippen LogP contribution in [-0.2, 0) is 19.6 Å². The van der Waals surface area contributed by atoms with Crippen LogP contribution in [0.5, 0.6) is 0 Å². The zero-order chi connectivity index (χ0) is 14.3. The summed E-state index contributed by atoms with van der Waals surface area (Å²) in [6.07, 6.45) is 4.43. The number of carbonyl (C=O) groups excluding carboxylic acids is 1. The second-order valence-corrected chi connectivity index (χ2v) is 5.68. The molecule has 0 aliphatic carbocycles. The number of aromatic nitrogens is 1. The van der Waals surface area contributed by atoms with Crippen molar-refractivity contribution in [3.8, 4) is 0 Å². The number of rotatable bonds is 6. The number of nitrogens with one attached hydrogen (secondary N) is 1. The molecule has 6 nitrogen and oxygen atoms in total. The first-order valence-electron chi connectivity index (χ1n) is 5.56. The molecule has 0 aliphatic heterocycles. The summed E-state index contributed by atoms with van der Waals surface area (Å²) in [5.41, 5.74) is 1.46. The number of amides is 1. The van der Waals surface area contributed by atoms with Gasteiger partial charge in [-0.2, -0.15) is 0 Å². The highest BCUT2D eigenvalue weighted by Gasteiger charge is 2.12. The first-order chi connectivity index (χ1) is 8.94. The molecule has 0 bridgehead atoms. The fourth-order valence-electron chi connectivity index (χ4n) is 1.32. The minimum atomic E-state index is -3.65. The SMILES string of the molecule is COCCS(=O)(=O)NC(=O)C=C(C)c1ccncc1. The van der Waals surface area contributed by atoms with Crippen molar-refractivity contribution >= 4 is 21.5 Å². The zero-order valence-electron chi connectivity index (χ0n) is 10.8. The zero-order valence-corrected chi connectivity index (χ0v) is 11.6. The summed E-state index contributed by atoms with van der Waals surface area (Å²) in [6, 6.07) is 3.47. The molecule has 19 heavy (non-hydrogen) atoms. The molecular weight excluding hydrogens is 268 g/mol. The lowest BCUT2D eigenvalue weighted by atomic mass is 10.1. The number of sulfonamides is 1. The Bertz CT molecular complexity index is 552. The van der Waals surface area contributed by atoms with Crippen LogP contribution >= 0.6 is 0 Å². The number of ether oxygens (including phenoxy) is 1. The van der Waals surface area contributed by atoms with Crippen LogP contribution in [0.2, 0.25) is 0 Å². The number of pyridine rings is 1. The topological polar surface area (TPSA) is 85.4 Å². The maximum atomic E-state index is 11.6. The van der Waals surface area contributed by atoms with Crippen LogP contribution in [0.25, 0.3) is 5.57 Å². The Hall–Kier alpha value is -1.73. The van der Waals surface area contributed by atoms with E-state index in [2.05, 4.69) is 9.72 Å². The molecule has 1 aromatic rings. The van der Waals surface area contributed by atoms with Crippen LogP contribution in [0, 0.1) is 0 Å². The van der Waals surface area contributed by atoms with Crippen molar-refractivity contribution in [1.82, 2.24) is 9.71 Å². The van der Waals surface area contributed by atoms with Gasteiger partial charge in [0.25, 0.3) is 5.91 Å². The molecule has 1 aromatic heterocycles. The second-order valence-electron chi connectivity index (χ2n) is 3.84. The van der Waals surface area contributed by atoms with Crippen LogP contribution < -0.4 is 4.72 Å². The molecule has 0 fully saturated rings. The molecule has 0 saturated heterocycles. The van der Waals surface area contributed by atoms with Crippen molar-refractivity contribution in [1.29, 1.82) is 0 Å². The Labute approximate surface area is 112 Å². The second kappa shape index (κ2) is 7.01. The predicted molar refractivity (Wildman–Crippen MR) is 71.7 cm³/mol. The normalized spacial score (nSPS) is 12.2. The van der Waals surface area contributed by atoms with Crippen molar-refractivity contribution in [2.45, 2.75) is 6.92 Å². The molecule has 1 N–H and O–H groups in total. The Morgan fingerprint density at radius 1 is 1.42 bits per heavy atom. The van der Waals surface area contributed by atoms with Gasteiger partial charge in [-0.25, -0.2) is 13.1 Å². The van der Waals surface area contributed by atoms with Gasteiger partial charge in [-0.1, -0.05) is 0 Å². The summed E-state index contributed by atoms with van der Waals surface area (Å²) in [7, 11) is -2.26. The molecule has 1 heterocycles. The van der Waals surface area contributed by atoms with E-state index in [0.717, 1.165) is 5.56 Å².